The van der Waals surface area contributed by atoms with Crippen LogP contribution in [0.4, 0.5) is 11.4 Å². The third-order valence-corrected chi connectivity index (χ3v) is 4.02. The maximum atomic E-state index is 7.93. The predicted molar refractivity (Wildman–Crippen MR) is 107 cm³/mol. The number of nitrogens with one attached hydrogen (secondary N) is 1. The Kier molecular flexibility index (Phi) is 2.39. The van der Waals surface area contributed by atoms with Gasteiger partial charge in [0.2, 0.25) is 0 Å². The van der Waals surface area contributed by atoms with Crippen LogP contribution in [0.3, 0.4) is 0 Å². The topological polar surface area (TPSA) is 25.2 Å². The number of aryl methyl sites for hydroxylation is 3. The van der Waals surface area contributed by atoms with Gasteiger partial charge in [0.15, 0.2) is 0 Å². The van der Waals surface area contributed by atoms with Crippen LogP contribution in [0.1, 0.15) is 55.4 Å². The fourth-order valence-corrected chi connectivity index (χ4v) is 2.66. The van der Waals surface area contributed by atoms with Gasteiger partial charge in [-0.15, -0.1) is 0 Å². The lowest BCUT2D eigenvalue weighted by molar-refractivity contribution is 0.582. The second kappa shape index (κ2) is 6.44. The van der Waals surface area contributed by atoms with Gasteiger partial charge in [-0.05, 0) is 54.8 Å². The molecule has 1 heterocycles. The Morgan fingerprint density at radius 1 is 0.880 bits per heavy atom. The van der Waals surface area contributed by atoms with E-state index in [4.69, 9.17) is 16.8 Å². The van der Waals surface area contributed by atoms with Crippen LogP contribution in [0, 0.1) is 20.6 Å². The van der Waals surface area contributed by atoms with E-state index in [9.17, 15) is 0 Å². The second-order valence-corrected chi connectivity index (χ2v) is 7.10. The summed E-state index contributed by atoms with van der Waals surface area (Å²) in [4.78, 5) is 0. The summed E-state index contributed by atoms with van der Waals surface area (Å²) in [5.74, 6) is 0.0168. The maximum Gasteiger partial charge on any atom is 0.136 e. The minimum atomic E-state index is -2.76. The zero-order valence-corrected chi connectivity index (χ0v) is 14.5. The molecule has 130 valence electrons. The van der Waals surface area contributed by atoms with Crippen LogP contribution in [0.2, 0.25) is 0 Å². The largest absolute Gasteiger partial charge is 0.462 e. The van der Waals surface area contributed by atoms with Crippen LogP contribution in [0.5, 0.6) is 0 Å². The number of hydrogen-bond acceptors (Lipinski definition) is 2. The third-order valence-electron chi connectivity index (χ3n) is 4.02. The molecule has 25 heavy (non-hydrogen) atoms. The summed E-state index contributed by atoms with van der Waals surface area (Å²) in [6.45, 7) is -1.87. The molecule has 2 heteroatoms. The minimum Gasteiger partial charge on any atom is -0.462 e. The van der Waals surface area contributed by atoms with Crippen LogP contribution in [0.25, 0.3) is 11.3 Å². The molecule has 1 aromatic heterocycles. The van der Waals surface area contributed by atoms with Gasteiger partial charge in [0.25, 0.3) is 0 Å². The van der Waals surface area contributed by atoms with Crippen LogP contribution in [0.15, 0.2) is 53.1 Å². The zero-order chi connectivity index (χ0) is 25.7. The van der Waals surface area contributed by atoms with E-state index in [1.54, 1.807) is 0 Å². The fraction of sp³-hybridized carbons (Fsp3) is 0.304. The lowest BCUT2D eigenvalue weighted by atomic mass is 9.87. The molecule has 2 nitrogen and oxygen atoms in total. The Morgan fingerprint density at radius 2 is 1.56 bits per heavy atom. The van der Waals surface area contributed by atoms with Crippen molar-refractivity contribution in [2.45, 2.75) is 46.7 Å². The molecule has 0 spiro atoms. The number of furan rings is 1. The quantitative estimate of drug-likeness (QED) is 0.559. The lowest BCUT2D eigenvalue weighted by Gasteiger charge is -2.19. The molecule has 0 amide bonds. The highest BCUT2D eigenvalue weighted by Gasteiger charge is 2.14. The number of hydrogen-bond donors (Lipinski definition) is 1. The van der Waals surface area contributed by atoms with Crippen LogP contribution >= 0.6 is 0 Å². The van der Waals surface area contributed by atoms with E-state index in [-0.39, 0.29) is 33.4 Å². The molecule has 0 saturated carbocycles. The molecule has 3 rings (SSSR count). The highest BCUT2D eigenvalue weighted by molar-refractivity contribution is 5.72. The smallest absolute Gasteiger partial charge is 0.136 e. The lowest BCUT2D eigenvalue weighted by Crippen LogP contribution is -2.10. The molecule has 0 unspecified atom stereocenters. The van der Waals surface area contributed by atoms with Gasteiger partial charge < -0.3 is 9.73 Å². The fourth-order valence-electron chi connectivity index (χ4n) is 2.66. The summed E-state index contributed by atoms with van der Waals surface area (Å²) < 4.78 is 76.2. The number of benzene rings is 2. The van der Waals surface area contributed by atoms with Gasteiger partial charge >= 0.3 is 0 Å². The Morgan fingerprint density at radius 3 is 2.12 bits per heavy atom. The average Bonchev–Trinajstić information content (AvgIpc) is 3.12. The van der Waals surface area contributed by atoms with Crippen molar-refractivity contribution in [2.75, 3.05) is 5.32 Å². The van der Waals surface area contributed by atoms with Crippen molar-refractivity contribution in [3.8, 4) is 11.3 Å². The molecule has 0 aliphatic rings. The summed E-state index contributed by atoms with van der Waals surface area (Å²) in [7, 11) is 0. The van der Waals surface area contributed by atoms with Gasteiger partial charge in [-0.2, -0.15) is 0 Å². The molecule has 0 saturated heterocycles. The molecule has 0 bridgehead atoms. The predicted octanol–water partition coefficient (Wildman–Crippen LogP) is 6.91. The standard InChI is InChI=1S/C23H27NO/c1-15-11-16(2)22(17(3)12-15)21-13-20(14-25-21)24-19-9-7-18(8-10-19)23(4,5)6/h7-14,24H,1-6H3/i1D3,2D3,3D3. The van der Waals surface area contributed by atoms with E-state index < -0.39 is 20.6 Å². The van der Waals surface area contributed by atoms with Crippen molar-refractivity contribution in [3.05, 3.63) is 71.0 Å². The minimum absolute atomic E-state index is 0.000407. The summed E-state index contributed by atoms with van der Waals surface area (Å²) in [6, 6.07) is 11.3. The molecule has 0 aliphatic carbocycles. The summed E-state index contributed by atoms with van der Waals surface area (Å²) in [5.41, 5.74) is 1.15. The van der Waals surface area contributed by atoms with Crippen LogP contribution < -0.4 is 5.32 Å². The van der Waals surface area contributed by atoms with E-state index in [0.717, 1.165) is 23.4 Å². The SMILES string of the molecule is [2H]C([2H])([2H])c1cc(C([2H])([2H])[2H])c(-c2cc(Nc3ccc(C(C)(C)C)cc3)co2)c(C([2H])([2H])[2H])c1. The molecule has 0 radical (unpaired) electrons. The molecule has 1 N–H and O–H groups in total. The maximum absolute atomic E-state index is 7.93. The molecule has 0 atom stereocenters. The van der Waals surface area contributed by atoms with Crippen molar-refractivity contribution in [1.82, 2.24) is 0 Å². The number of anilines is 2. The van der Waals surface area contributed by atoms with Gasteiger partial charge in [0.05, 0.1) is 5.69 Å². The molecule has 0 aliphatic heterocycles. The van der Waals surface area contributed by atoms with E-state index in [2.05, 4.69) is 26.1 Å². The molecule has 0 fully saturated rings. The average molecular weight is 343 g/mol. The first-order chi connectivity index (χ1) is 15.4. The van der Waals surface area contributed by atoms with E-state index in [1.165, 1.54) is 12.3 Å². The van der Waals surface area contributed by atoms with Crippen molar-refractivity contribution >= 4 is 11.4 Å². The zero-order valence-electron chi connectivity index (χ0n) is 23.5. The van der Waals surface area contributed by atoms with Crippen LogP contribution in [-0.2, 0) is 5.41 Å². The van der Waals surface area contributed by atoms with E-state index in [1.807, 2.05) is 24.3 Å². The first-order valence-electron chi connectivity index (χ1n) is 12.5. The van der Waals surface area contributed by atoms with Gasteiger partial charge in [-0.3, -0.25) is 0 Å². The van der Waals surface area contributed by atoms with Gasteiger partial charge in [0.1, 0.15) is 12.0 Å². The Balaban J connectivity index is 2.10. The van der Waals surface area contributed by atoms with Crippen molar-refractivity contribution in [2.24, 2.45) is 0 Å². The molecular weight excluding hydrogens is 306 g/mol. The Labute approximate surface area is 163 Å². The highest BCUT2D eigenvalue weighted by atomic mass is 16.3. The highest BCUT2D eigenvalue weighted by Crippen LogP contribution is 2.32. The van der Waals surface area contributed by atoms with Gasteiger partial charge in [-0.25, -0.2) is 0 Å². The number of rotatable bonds is 3. The van der Waals surface area contributed by atoms with Crippen molar-refractivity contribution < 1.29 is 16.8 Å². The first kappa shape index (κ1) is 9.28. The third kappa shape index (κ3) is 3.79. The summed E-state index contributed by atoms with van der Waals surface area (Å²) in [6.07, 6.45) is 1.36. The summed E-state index contributed by atoms with van der Waals surface area (Å²) in [5, 5.41) is 3.16. The van der Waals surface area contributed by atoms with Crippen molar-refractivity contribution in [3.63, 3.8) is 0 Å². The molecular formula is C23H27NO. The monoisotopic (exact) mass is 342 g/mol. The van der Waals surface area contributed by atoms with Crippen molar-refractivity contribution in [1.29, 1.82) is 0 Å². The van der Waals surface area contributed by atoms with Crippen LogP contribution in [-0.4, -0.2) is 0 Å². The molecule has 3 aromatic rings. The second-order valence-electron chi connectivity index (χ2n) is 7.10. The Bertz CT molecular complexity index is 1130. The van der Waals surface area contributed by atoms with Gasteiger partial charge in [0, 0.05) is 29.7 Å². The van der Waals surface area contributed by atoms with E-state index in [0.29, 0.717) is 5.69 Å². The molecule has 2 aromatic carbocycles. The Hall–Kier alpha value is -2.48. The van der Waals surface area contributed by atoms with E-state index >= 15 is 0 Å². The summed E-state index contributed by atoms with van der Waals surface area (Å²) >= 11 is 0. The van der Waals surface area contributed by atoms with Gasteiger partial charge in [-0.1, -0.05) is 50.6 Å². The normalized spacial score (nSPS) is 18.4. The first-order valence-corrected chi connectivity index (χ1v) is 8.03.